The summed E-state index contributed by atoms with van der Waals surface area (Å²) in [4.78, 5) is -0.441. The SMILES string of the molecule is Cc1cc(Br)ccc1NS(=O)(=O)c1cccc(S(N)(=O)=O)c1. The molecule has 0 aromatic heterocycles. The highest BCUT2D eigenvalue weighted by atomic mass is 79.9. The van der Waals surface area contributed by atoms with Crippen LogP contribution in [0.1, 0.15) is 5.56 Å². The highest BCUT2D eigenvalue weighted by Crippen LogP contribution is 2.23. The summed E-state index contributed by atoms with van der Waals surface area (Å²) in [6, 6.07) is 9.95. The standard InChI is InChI=1S/C13H13BrN2O4S2/c1-9-7-10(14)5-6-13(9)16-22(19,20)12-4-2-3-11(8-12)21(15,17)18/h2-8,16H,1H3,(H2,15,17,18). The van der Waals surface area contributed by atoms with Crippen molar-refractivity contribution in [2.45, 2.75) is 16.7 Å². The number of hydrogen-bond donors (Lipinski definition) is 2. The van der Waals surface area contributed by atoms with Crippen molar-refractivity contribution in [1.29, 1.82) is 0 Å². The molecule has 0 atom stereocenters. The van der Waals surface area contributed by atoms with Crippen LogP contribution in [0.25, 0.3) is 0 Å². The third-order valence-electron chi connectivity index (χ3n) is 2.88. The monoisotopic (exact) mass is 404 g/mol. The fourth-order valence-electron chi connectivity index (χ4n) is 1.76. The molecule has 0 bridgehead atoms. The van der Waals surface area contributed by atoms with E-state index in [1.54, 1.807) is 25.1 Å². The molecule has 0 unspecified atom stereocenters. The second kappa shape index (κ2) is 5.99. The van der Waals surface area contributed by atoms with Crippen molar-refractivity contribution in [3.63, 3.8) is 0 Å². The summed E-state index contributed by atoms with van der Waals surface area (Å²) in [6.07, 6.45) is 0. The lowest BCUT2D eigenvalue weighted by atomic mass is 10.2. The van der Waals surface area contributed by atoms with E-state index in [-0.39, 0.29) is 9.79 Å². The van der Waals surface area contributed by atoms with E-state index in [2.05, 4.69) is 20.7 Å². The molecule has 0 amide bonds. The molecule has 0 heterocycles. The van der Waals surface area contributed by atoms with E-state index >= 15 is 0 Å². The van der Waals surface area contributed by atoms with Gasteiger partial charge in [0.25, 0.3) is 10.0 Å². The molecule has 118 valence electrons. The molecule has 9 heteroatoms. The molecule has 0 fully saturated rings. The fraction of sp³-hybridized carbons (Fsp3) is 0.0769. The summed E-state index contributed by atoms with van der Waals surface area (Å²) in [5.74, 6) is 0. The Balaban J connectivity index is 2.43. The average molecular weight is 405 g/mol. The normalized spacial score (nSPS) is 12.1. The van der Waals surface area contributed by atoms with Gasteiger partial charge in [-0.2, -0.15) is 0 Å². The first-order valence-corrected chi connectivity index (χ1v) is 9.84. The number of sulfonamides is 2. The van der Waals surface area contributed by atoms with Crippen LogP contribution >= 0.6 is 15.9 Å². The largest absolute Gasteiger partial charge is 0.279 e. The molecular weight excluding hydrogens is 392 g/mol. The number of hydrogen-bond acceptors (Lipinski definition) is 4. The van der Waals surface area contributed by atoms with Gasteiger partial charge in [-0.3, -0.25) is 4.72 Å². The fourth-order valence-corrected chi connectivity index (χ4v) is 4.05. The van der Waals surface area contributed by atoms with Gasteiger partial charge in [0, 0.05) is 4.47 Å². The molecule has 0 aliphatic carbocycles. The molecule has 2 aromatic rings. The first-order chi connectivity index (χ1) is 10.1. The van der Waals surface area contributed by atoms with Crippen LogP contribution in [0.4, 0.5) is 5.69 Å². The van der Waals surface area contributed by atoms with Crippen LogP contribution in [0.3, 0.4) is 0 Å². The minimum Gasteiger partial charge on any atom is -0.279 e. The maximum atomic E-state index is 12.4. The number of nitrogens with two attached hydrogens (primary N) is 1. The maximum Gasteiger partial charge on any atom is 0.261 e. The van der Waals surface area contributed by atoms with Crippen LogP contribution in [0.2, 0.25) is 0 Å². The van der Waals surface area contributed by atoms with Crippen LogP contribution in [-0.4, -0.2) is 16.8 Å². The Morgan fingerprint density at radius 1 is 1.00 bits per heavy atom. The lowest BCUT2D eigenvalue weighted by Crippen LogP contribution is -2.16. The van der Waals surface area contributed by atoms with Crippen molar-refractivity contribution in [3.05, 3.63) is 52.5 Å². The summed E-state index contributed by atoms with van der Waals surface area (Å²) < 4.78 is 50.6. The zero-order valence-corrected chi connectivity index (χ0v) is 14.7. The quantitative estimate of drug-likeness (QED) is 0.813. The van der Waals surface area contributed by atoms with E-state index in [1.807, 2.05) is 0 Å². The van der Waals surface area contributed by atoms with Crippen molar-refractivity contribution in [1.82, 2.24) is 0 Å². The van der Waals surface area contributed by atoms with Gasteiger partial charge >= 0.3 is 0 Å². The first kappa shape index (κ1) is 16.9. The second-order valence-corrected chi connectivity index (χ2v) is 8.74. The summed E-state index contributed by atoms with van der Waals surface area (Å²) in [5.41, 5.74) is 1.13. The number of anilines is 1. The smallest absolute Gasteiger partial charge is 0.261 e. The van der Waals surface area contributed by atoms with Crippen LogP contribution in [0.15, 0.2) is 56.7 Å². The van der Waals surface area contributed by atoms with E-state index in [1.165, 1.54) is 18.2 Å². The summed E-state index contributed by atoms with van der Waals surface area (Å²) in [7, 11) is -7.89. The van der Waals surface area contributed by atoms with Gasteiger partial charge in [-0.15, -0.1) is 0 Å². The van der Waals surface area contributed by atoms with Gasteiger partial charge in [0.1, 0.15) is 0 Å². The van der Waals surface area contributed by atoms with Crippen LogP contribution in [0, 0.1) is 6.92 Å². The number of rotatable bonds is 4. The molecule has 0 spiro atoms. The molecule has 0 aliphatic heterocycles. The zero-order valence-electron chi connectivity index (χ0n) is 11.4. The van der Waals surface area contributed by atoms with Crippen molar-refractivity contribution < 1.29 is 16.8 Å². The Morgan fingerprint density at radius 2 is 1.64 bits per heavy atom. The first-order valence-electron chi connectivity index (χ1n) is 6.01. The van der Waals surface area contributed by atoms with E-state index in [4.69, 9.17) is 5.14 Å². The highest BCUT2D eigenvalue weighted by Gasteiger charge is 2.18. The molecule has 0 radical (unpaired) electrons. The van der Waals surface area contributed by atoms with Gasteiger partial charge in [-0.1, -0.05) is 22.0 Å². The highest BCUT2D eigenvalue weighted by molar-refractivity contribution is 9.10. The predicted molar refractivity (Wildman–Crippen MR) is 87.5 cm³/mol. The molecule has 0 saturated heterocycles. The maximum absolute atomic E-state index is 12.4. The second-order valence-electron chi connectivity index (χ2n) is 4.58. The van der Waals surface area contributed by atoms with Crippen LogP contribution < -0.4 is 9.86 Å². The summed E-state index contributed by atoms with van der Waals surface area (Å²) in [6.45, 7) is 1.75. The third-order valence-corrected chi connectivity index (χ3v) is 5.64. The Hall–Kier alpha value is -1.42. The molecule has 22 heavy (non-hydrogen) atoms. The number of benzene rings is 2. The van der Waals surface area contributed by atoms with Gasteiger partial charge < -0.3 is 0 Å². The lowest BCUT2D eigenvalue weighted by Gasteiger charge is -2.11. The molecule has 0 saturated carbocycles. The van der Waals surface area contributed by atoms with E-state index in [9.17, 15) is 16.8 Å². The number of halogens is 1. The topological polar surface area (TPSA) is 106 Å². The predicted octanol–water partition coefficient (Wildman–Crippen LogP) is 2.21. The van der Waals surface area contributed by atoms with Crippen LogP contribution in [0.5, 0.6) is 0 Å². The number of primary sulfonamides is 1. The molecule has 0 aliphatic rings. The average Bonchev–Trinajstić information content (AvgIpc) is 2.41. The number of nitrogens with one attached hydrogen (secondary N) is 1. The van der Waals surface area contributed by atoms with E-state index in [0.717, 1.165) is 16.1 Å². The van der Waals surface area contributed by atoms with E-state index < -0.39 is 20.0 Å². The lowest BCUT2D eigenvalue weighted by molar-refractivity contribution is 0.597. The van der Waals surface area contributed by atoms with Gasteiger partial charge in [0.05, 0.1) is 15.5 Å². The Kier molecular flexibility index (Phi) is 4.62. The Labute approximate surface area is 137 Å². The molecule has 3 N–H and O–H groups in total. The van der Waals surface area contributed by atoms with Gasteiger partial charge in [-0.25, -0.2) is 22.0 Å². The summed E-state index contributed by atoms with van der Waals surface area (Å²) >= 11 is 3.29. The molecule has 6 nitrogen and oxygen atoms in total. The van der Waals surface area contributed by atoms with Crippen molar-refractivity contribution in [2.24, 2.45) is 5.14 Å². The third kappa shape index (κ3) is 3.86. The van der Waals surface area contributed by atoms with Crippen molar-refractivity contribution >= 4 is 41.7 Å². The van der Waals surface area contributed by atoms with Crippen LogP contribution in [-0.2, 0) is 20.0 Å². The van der Waals surface area contributed by atoms with Crippen molar-refractivity contribution in [2.75, 3.05) is 4.72 Å². The molecule has 2 rings (SSSR count). The molecule has 2 aromatic carbocycles. The minimum atomic E-state index is -3.97. The Morgan fingerprint density at radius 3 is 2.23 bits per heavy atom. The van der Waals surface area contributed by atoms with Crippen molar-refractivity contribution in [3.8, 4) is 0 Å². The minimum absolute atomic E-state index is 0.179. The van der Waals surface area contributed by atoms with E-state index in [0.29, 0.717) is 5.69 Å². The van der Waals surface area contributed by atoms with Gasteiger partial charge in [0.2, 0.25) is 10.0 Å². The summed E-state index contributed by atoms with van der Waals surface area (Å²) in [5, 5.41) is 5.01. The van der Waals surface area contributed by atoms with Gasteiger partial charge in [0.15, 0.2) is 0 Å². The molecular formula is C13H13BrN2O4S2. The number of aryl methyl sites for hydroxylation is 1. The van der Waals surface area contributed by atoms with Gasteiger partial charge in [-0.05, 0) is 48.9 Å². The zero-order chi connectivity index (χ0) is 16.5. The Bertz CT molecular complexity index is 925.